The minimum atomic E-state index is -0.479. The molecule has 2 aliphatic rings. The normalized spacial score (nSPS) is 18.2. The highest BCUT2D eigenvalue weighted by molar-refractivity contribution is 6.02. The zero-order valence-electron chi connectivity index (χ0n) is 20.5. The van der Waals surface area contributed by atoms with Crippen LogP contribution in [-0.2, 0) is 6.42 Å². The van der Waals surface area contributed by atoms with E-state index in [1.807, 2.05) is 18.2 Å². The largest absolute Gasteiger partial charge is 0.382 e. The molecule has 1 fully saturated rings. The molecule has 1 aliphatic carbocycles. The average Bonchev–Trinajstić information content (AvgIpc) is 3.58. The lowest BCUT2D eigenvalue weighted by atomic mass is 10.0. The molecule has 0 saturated carbocycles. The van der Waals surface area contributed by atoms with Crippen LogP contribution in [0.1, 0.15) is 61.2 Å². The molecule has 1 saturated heterocycles. The predicted octanol–water partition coefficient (Wildman–Crippen LogP) is 1.59. The molecule has 10 heteroatoms. The highest BCUT2D eigenvalue weighted by Crippen LogP contribution is 2.31. The van der Waals surface area contributed by atoms with E-state index < -0.39 is 5.91 Å². The van der Waals surface area contributed by atoms with Crippen LogP contribution in [0.5, 0.6) is 0 Å². The Bertz CT molecular complexity index is 1370. The molecule has 2 atom stereocenters. The molecule has 37 heavy (non-hydrogen) atoms. The van der Waals surface area contributed by atoms with Crippen molar-refractivity contribution < 1.29 is 14.4 Å². The number of fused-ring (bicyclic) bond motifs is 1. The number of nitrogens with one attached hydrogen (secondary N) is 4. The number of carbonyl (C=O) groups is 3. The number of nitrogens with two attached hydrogens (primary N) is 1. The van der Waals surface area contributed by atoms with Crippen molar-refractivity contribution in [2.24, 2.45) is 0 Å². The maximum absolute atomic E-state index is 13.4. The Morgan fingerprint density at radius 2 is 1.76 bits per heavy atom. The number of anilines is 1. The molecule has 0 spiro atoms. The molecule has 3 amide bonds. The van der Waals surface area contributed by atoms with Crippen LogP contribution in [0.2, 0.25) is 0 Å². The van der Waals surface area contributed by atoms with Gasteiger partial charge in [0.1, 0.15) is 0 Å². The van der Waals surface area contributed by atoms with Gasteiger partial charge in [0.25, 0.3) is 17.7 Å². The molecule has 0 radical (unpaired) electrons. The number of hydrogen-bond donors (Lipinski definition) is 5. The number of nitrogen functional groups attached to an aromatic ring is 1. The van der Waals surface area contributed by atoms with Gasteiger partial charge in [-0.3, -0.25) is 14.4 Å². The number of hydrogen-bond acceptors (Lipinski definition) is 7. The molecule has 1 aromatic heterocycles. The molecule has 10 nitrogen and oxygen atoms in total. The van der Waals surface area contributed by atoms with Crippen LogP contribution in [0.4, 0.5) is 5.82 Å². The van der Waals surface area contributed by atoms with Gasteiger partial charge < -0.3 is 27.0 Å². The predicted molar refractivity (Wildman–Crippen MR) is 139 cm³/mol. The second kappa shape index (κ2) is 10.4. The summed E-state index contributed by atoms with van der Waals surface area (Å²) >= 11 is 0. The van der Waals surface area contributed by atoms with Crippen molar-refractivity contribution in [3.8, 4) is 11.3 Å². The SMILES string of the molecule is CNC(=O)c1nc(-c2cc(C(=O)N[C@@H]3CCNC3)cc(C(=O)N[C@@H]3CCc4ccccc43)c2)cnc1N. The van der Waals surface area contributed by atoms with E-state index in [1.54, 1.807) is 18.2 Å². The van der Waals surface area contributed by atoms with Gasteiger partial charge in [-0.25, -0.2) is 9.97 Å². The number of nitrogens with zero attached hydrogens (tertiary/aromatic N) is 2. The lowest BCUT2D eigenvalue weighted by Gasteiger charge is -2.16. The van der Waals surface area contributed by atoms with Crippen molar-refractivity contribution in [3.05, 3.63) is 76.6 Å². The van der Waals surface area contributed by atoms with E-state index in [0.717, 1.165) is 31.4 Å². The van der Waals surface area contributed by atoms with Gasteiger partial charge in [-0.1, -0.05) is 24.3 Å². The molecule has 0 bridgehead atoms. The molecule has 2 aromatic carbocycles. The number of amides is 3. The van der Waals surface area contributed by atoms with E-state index >= 15 is 0 Å². The van der Waals surface area contributed by atoms with Gasteiger partial charge in [0.15, 0.2) is 11.5 Å². The first-order valence-corrected chi connectivity index (χ1v) is 12.3. The summed E-state index contributed by atoms with van der Waals surface area (Å²) in [5.41, 5.74) is 9.60. The van der Waals surface area contributed by atoms with Crippen molar-refractivity contribution in [1.82, 2.24) is 31.2 Å². The molecule has 2 heterocycles. The Hall–Kier alpha value is -4.31. The van der Waals surface area contributed by atoms with Crippen LogP contribution < -0.4 is 27.0 Å². The van der Waals surface area contributed by atoms with Crippen LogP contribution in [0, 0.1) is 0 Å². The lowest BCUT2D eigenvalue weighted by Crippen LogP contribution is -2.36. The summed E-state index contributed by atoms with van der Waals surface area (Å²) in [6.07, 6.45) is 3.96. The quantitative estimate of drug-likeness (QED) is 0.345. The standard InChI is InChI=1S/C27H29N7O3/c1-29-27(37)23-24(28)31-14-22(33-23)16-10-17(25(35)32-19-8-9-30-13-19)12-18(11-16)26(36)34-21-7-6-15-4-2-3-5-20(15)21/h2-5,10-12,14,19,21,30H,6-9,13H2,1H3,(H2,28,31)(H,29,37)(H,32,35)(H,34,36)/t19-,21-/m1/s1. The minimum Gasteiger partial charge on any atom is -0.382 e. The van der Waals surface area contributed by atoms with Gasteiger partial charge >= 0.3 is 0 Å². The summed E-state index contributed by atoms with van der Waals surface area (Å²) in [7, 11) is 1.47. The number of benzene rings is 2. The summed E-state index contributed by atoms with van der Waals surface area (Å²) in [4.78, 5) is 47.3. The fourth-order valence-corrected chi connectivity index (χ4v) is 4.86. The highest BCUT2D eigenvalue weighted by atomic mass is 16.2. The van der Waals surface area contributed by atoms with E-state index in [1.165, 1.54) is 18.8 Å². The van der Waals surface area contributed by atoms with E-state index in [9.17, 15) is 14.4 Å². The molecule has 3 aromatic rings. The summed E-state index contributed by atoms with van der Waals surface area (Å²) in [5, 5.41) is 11.9. The summed E-state index contributed by atoms with van der Waals surface area (Å²) in [6.45, 7) is 1.53. The second-order valence-electron chi connectivity index (χ2n) is 9.29. The third-order valence-electron chi connectivity index (χ3n) is 6.83. The van der Waals surface area contributed by atoms with Gasteiger partial charge in [0, 0.05) is 36.3 Å². The van der Waals surface area contributed by atoms with Crippen molar-refractivity contribution in [3.63, 3.8) is 0 Å². The molecular formula is C27H29N7O3. The van der Waals surface area contributed by atoms with E-state index in [0.29, 0.717) is 28.9 Å². The average molecular weight is 500 g/mol. The number of aryl methyl sites for hydroxylation is 1. The van der Waals surface area contributed by atoms with Crippen molar-refractivity contribution in [2.45, 2.75) is 31.3 Å². The molecule has 0 unspecified atom stereocenters. The Morgan fingerprint density at radius 1 is 1.00 bits per heavy atom. The first-order chi connectivity index (χ1) is 17.9. The van der Waals surface area contributed by atoms with Crippen molar-refractivity contribution >= 4 is 23.5 Å². The maximum atomic E-state index is 13.4. The zero-order chi connectivity index (χ0) is 25.9. The number of rotatable bonds is 6. The number of carbonyl (C=O) groups excluding carboxylic acids is 3. The van der Waals surface area contributed by atoms with Crippen LogP contribution in [0.15, 0.2) is 48.7 Å². The molecule has 1 aliphatic heterocycles. The maximum Gasteiger partial charge on any atom is 0.273 e. The number of aromatic nitrogens is 2. The fraction of sp³-hybridized carbons (Fsp3) is 0.296. The van der Waals surface area contributed by atoms with Crippen molar-refractivity contribution in [1.29, 1.82) is 0 Å². The summed E-state index contributed by atoms with van der Waals surface area (Å²) < 4.78 is 0. The Kier molecular flexibility index (Phi) is 6.82. The Morgan fingerprint density at radius 3 is 2.49 bits per heavy atom. The van der Waals surface area contributed by atoms with Crippen LogP contribution in [-0.4, -0.2) is 53.9 Å². The molecular weight excluding hydrogens is 470 g/mol. The topological polar surface area (TPSA) is 151 Å². The molecule has 6 N–H and O–H groups in total. The van der Waals surface area contributed by atoms with Gasteiger partial charge in [0.2, 0.25) is 0 Å². The van der Waals surface area contributed by atoms with Crippen LogP contribution >= 0.6 is 0 Å². The third-order valence-corrected chi connectivity index (χ3v) is 6.83. The highest BCUT2D eigenvalue weighted by Gasteiger charge is 2.25. The second-order valence-corrected chi connectivity index (χ2v) is 9.29. The smallest absolute Gasteiger partial charge is 0.273 e. The van der Waals surface area contributed by atoms with Crippen LogP contribution in [0.3, 0.4) is 0 Å². The molecule has 190 valence electrons. The lowest BCUT2D eigenvalue weighted by molar-refractivity contribution is 0.0933. The Labute approximate surface area is 214 Å². The van der Waals surface area contributed by atoms with Gasteiger partial charge in [-0.2, -0.15) is 0 Å². The summed E-state index contributed by atoms with van der Waals surface area (Å²) in [6, 6.07) is 12.9. The van der Waals surface area contributed by atoms with Crippen LogP contribution in [0.25, 0.3) is 11.3 Å². The van der Waals surface area contributed by atoms with E-state index in [-0.39, 0.29) is 35.4 Å². The van der Waals surface area contributed by atoms with Gasteiger partial charge in [0.05, 0.1) is 17.9 Å². The van der Waals surface area contributed by atoms with Crippen molar-refractivity contribution in [2.75, 3.05) is 25.9 Å². The van der Waals surface area contributed by atoms with Gasteiger partial charge in [-0.15, -0.1) is 0 Å². The first kappa shape index (κ1) is 24.4. The first-order valence-electron chi connectivity index (χ1n) is 12.3. The Balaban J connectivity index is 1.49. The minimum absolute atomic E-state index is 0.0106. The van der Waals surface area contributed by atoms with E-state index in [2.05, 4.69) is 37.3 Å². The summed E-state index contributed by atoms with van der Waals surface area (Å²) in [5.74, 6) is -1.07. The third kappa shape index (κ3) is 5.14. The van der Waals surface area contributed by atoms with Gasteiger partial charge in [-0.05, 0) is 55.1 Å². The van der Waals surface area contributed by atoms with E-state index in [4.69, 9.17) is 5.73 Å². The molecule has 5 rings (SSSR count). The zero-order valence-corrected chi connectivity index (χ0v) is 20.5. The fourth-order valence-electron chi connectivity index (χ4n) is 4.86. The monoisotopic (exact) mass is 499 g/mol.